The van der Waals surface area contributed by atoms with Crippen LogP contribution in [0.25, 0.3) is 0 Å². The third-order valence-electron chi connectivity index (χ3n) is 5.02. The van der Waals surface area contributed by atoms with E-state index in [0.717, 1.165) is 11.3 Å². The van der Waals surface area contributed by atoms with Gasteiger partial charge in [0.15, 0.2) is 0 Å². The van der Waals surface area contributed by atoms with E-state index in [1.165, 1.54) is 11.1 Å². The normalized spacial score (nSPS) is 11.4. The van der Waals surface area contributed by atoms with Gasteiger partial charge in [0.05, 0.1) is 12.6 Å². The molecule has 0 heterocycles. The number of carbonyl (C=O) groups is 2. The van der Waals surface area contributed by atoms with Gasteiger partial charge in [-0.05, 0) is 67.8 Å². The van der Waals surface area contributed by atoms with E-state index in [0.29, 0.717) is 11.3 Å². The van der Waals surface area contributed by atoms with E-state index in [4.69, 9.17) is 0 Å². The number of anilines is 2. The Morgan fingerprint density at radius 2 is 1.60 bits per heavy atom. The van der Waals surface area contributed by atoms with E-state index in [2.05, 4.69) is 22.9 Å². The van der Waals surface area contributed by atoms with Crippen molar-refractivity contribution in [3.8, 4) is 0 Å². The van der Waals surface area contributed by atoms with Gasteiger partial charge in [0, 0.05) is 16.9 Å². The van der Waals surface area contributed by atoms with Crippen LogP contribution in [0.4, 0.5) is 11.4 Å². The minimum atomic E-state index is -0.185. The molecular formula is C25H27N3O2. The third-order valence-corrected chi connectivity index (χ3v) is 5.02. The molecule has 1 atom stereocenters. The van der Waals surface area contributed by atoms with Crippen molar-refractivity contribution in [3.63, 3.8) is 0 Å². The second-order valence-corrected chi connectivity index (χ2v) is 7.39. The number of amides is 2. The van der Waals surface area contributed by atoms with Crippen molar-refractivity contribution in [2.24, 2.45) is 0 Å². The molecule has 5 nitrogen and oxygen atoms in total. The van der Waals surface area contributed by atoms with Crippen LogP contribution in [0.5, 0.6) is 0 Å². The molecule has 0 aliphatic carbocycles. The van der Waals surface area contributed by atoms with Gasteiger partial charge in [-0.3, -0.25) is 9.59 Å². The van der Waals surface area contributed by atoms with Gasteiger partial charge in [0.1, 0.15) is 0 Å². The fourth-order valence-electron chi connectivity index (χ4n) is 3.08. The fourth-order valence-corrected chi connectivity index (χ4v) is 3.08. The molecule has 0 saturated heterocycles. The van der Waals surface area contributed by atoms with Crippen molar-refractivity contribution < 1.29 is 9.59 Å². The Kier molecular flexibility index (Phi) is 6.86. The minimum absolute atomic E-state index is 0.112. The van der Waals surface area contributed by atoms with Gasteiger partial charge in [0.25, 0.3) is 5.91 Å². The van der Waals surface area contributed by atoms with Gasteiger partial charge in [-0.15, -0.1) is 0 Å². The first-order chi connectivity index (χ1) is 14.4. The van der Waals surface area contributed by atoms with Crippen molar-refractivity contribution in [2.75, 3.05) is 17.2 Å². The Hall–Kier alpha value is -3.60. The first-order valence-electron chi connectivity index (χ1n) is 9.99. The number of nitrogens with one attached hydrogen (secondary N) is 3. The lowest BCUT2D eigenvalue weighted by Crippen LogP contribution is -2.27. The third kappa shape index (κ3) is 5.70. The van der Waals surface area contributed by atoms with Gasteiger partial charge in [-0.1, -0.05) is 42.5 Å². The molecule has 2 amide bonds. The zero-order valence-corrected chi connectivity index (χ0v) is 17.5. The molecule has 0 radical (unpaired) electrons. The van der Waals surface area contributed by atoms with E-state index >= 15 is 0 Å². The summed E-state index contributed by atoms with van der Waals surface area (Å²) in [6.07, 6.45) is 0. The number of hydrogen-bond donors (Lipinski definition) is 3. The van der Waals surface area contributed by atoms with Crippen LogP contribution < -0.4 is 16.0 Å². The highest BCUT2D eigenvalue weighted by Gasteiger charge is 2.12. The summed E-state index contributed by atoms with van der Waals surface area (Å²) in [5.74, 6) is -0.362. The van der Waals surface area contributed by atoms with Gasteiger partial charge in [-0.2, -0.15) is 0 Å². The average molecular weight is 402 g/mol. The molecular weight excluding hydrogens is 374 g/mol. The molecule has 3 N–H and O–H groups in total. The van der Waals surface area contributed by atoms with Crippen LogP contribution in [-0.2, 0) is 4.79 Å². The van der Waals surface area contributed by atoms with Crippen molar-refractivity contribution in [1.29, 1.82) is 0 Å². The first-order valence-corrected chi connectivity index (χ1v) is 9.99. The monoisotopic (exact) mass is 401 g/mol. The molecule has 3 aromatic carbocycles. The second kappa shape index (κ2) is 9.74. The predicted octanol–water partition coefficient (Wildman–Crippen LogP) is 4.85. The first kappa shape index (κ1) is 21.1. The quantitative estimate of drug-likeness (QED) is 0.530. The standard InChI is InChI=1S/C25H27N3O2/c1-17-12-13-22(14-18(17)2)26-16-24(29)28-23-11-7-10-21(15-23)25(30)27-19(3)20-8-5-4-6-9-20/h4-15,19,26H,16H2,1-3H3,(H,27,30)(H,28,29). The summed E-state index contributed by atoms with van der Waals surface area (Å²) >= 11 is 0. The van der Waals surface area contributed by atoms with Crippen molar-refractivity contribution in [1.82, 2.24) is 5.32 Å². The van der Waals surface area contributed by atoms with Gasteiger partial charge in [-0.25, -0.2) is 0 Å². The van der Waals surface area contributed by atoms with Gasteiger partial charge in [0.2, 0.25) is 5.91 Å². The van der Waals surface area contributed by atoms with Gasteiger partial charge >= 0.3 is 0 Å². The summed E-state index contributed by atoms with van der Waals surface area (Å²) in [4.78, 5) is 24.9. The van der Waals surface area contributed by atoms with Crippen LogP contribution in [0.15, 0.2) is 72.8 Å². The Bertz CT molecular complexity index is 1030. The molecule has 154 valence electrons. The summed E-state index contributed by atoms with van der Waals surface area (Å²) in [5.41, 5.74) is 5.40. The molecule has 3 aromatic rings. The highest BCUT2D eigenvalue weighted by atomic mass is 16.2. The number of rotatable bonds is 7. The minimum Gasteiger partial charge on any atom is -0.376 e. The number of aryl methyl sites for hydroxylation is 2. The largest absolute Gasteiger partial charge is 0.376 e. The average Bonchev–Trinajstić information content (AvgIpc) is 2.75. The SMILES string of the molecule is Cc1ccc(NCC(=O)Nc2cccc(C(=O)NC(C)c3ccccc3)c2)cc1C. The molecule has 3 rings (SSSR count). The molecule has 5 heteroatoms. The lowest BCUT2D eigenvalue weighted by atomic mass is 10.1. The summed E-state index contributed by atoms with van der Waals surface area (Å²) in [5, 5.41) is 8.95. The Balaban J connectivity index is 1.57. The van der Waals surface area contributed by atoms with Crippen LogP contribution in [0, 0.1) is 13.8 Å². The molecule has 0 spiro atoms. The Labute approximate surface area is 177 Å². The number of carbonyl (C=O) groups excluding carboxylic acids is 2. The highest BCUT2D eigenvalue weighted by Crippen LogP contribution is 2.16. The number of hydrogen-bond acceptors (Lipinski definition) is 3. The van der Waals surface area contributed by atoms with E-state index in [1.807, 2.05) is 62.4 Å². The Morgan fingerprint density at radius 1 is 0.833 bits per heavy atom. The van der Waals surface area contributed by atoms with E-state index < -0.39 is 0 Å². The van der Waals surface area contributed by atoms with Crippen LogP contribution in [0.3, 0.4) is 0 Å². The molecule has 0 saturated carbocycles. The lowest BCUT2D eigenvalue weighted by Gasteiger charge is -2.15. The summed E-state index contributed by atoms with van der Waals surface area (Å²) in [7, 11) is 0. The zero-order valence-electron chi connectivity index (χ0n) is 17.5. The molecule has 0 fully saturated rings. The summed E-state index contributed by atoms with van der Waals surface area (Å²) in [6, 6.07) is 22.6. The topological polar surface area (TPSA) is 70.2 Å². The smallest absolute Gasteiger partial charge is 0.251 e. The van der Waals surface area contributed by atoms with Crippen molar-refractivity contribution in [2.45, 2.75) is 26.8 Å². The van der Waals surface area contributed by atoms with Gasteiger partial charge < -0.3 is 16.0 Å². The maximum atomic E-state index is 12.6. The summed E-state index contributed by atoms with van der Waals surface area (Å²) in [6.45, 7) is 6.17. The molecule has 0 aliphatic rings. The van der Waals surface area contributed by atoms with E-state index in [1.54, 1.807) is 24.3 Å². The van der Waals surface area contributed by atoms with Crippen molar-refractivity contribution >= 4 is 23.2 Å². The highest BCUT2D eigenvalue weighted by molar-refractivity contribution is 5.98. The molecule has 30 heavy (non-hydrogen) atoms. The van der Waals surface area contributed by atoms with E-state index in [-0.39, 0.29) is 24.4 Å². The molecule has 0 bridgehead atoms. The molecule has 1 unspecified atom stereocenters. The lowest BCUT2D eigenvalue weighted by molar-refractivity contribution is -0.114. The fraction of sp³-hybridized carbons (Fsp3) is 0.200. The summed E-state index contributed by atoms with van der Waals surface area (Å²) < 4.78 is 0. The number of benzene rings is 3. The predicted molar refractivity (Wildman–Crippen MR) is 122 cm³/mol. The molecule has 0 aromatic heterocycles. The molecule has 0 aliphatic heterocycles. The zero-order chi connectivity index (χ0) is 21.5. The van der Waals surface area contributed by atoms with Crippen molar-refractivity contribution in [3.05, 3.63) is 95.1 Å². The van der Waals surface area contributed by atoms with Crippen LogP contribution in [-0.4, -0.2) is 18.4 Å². The van der Waals surface area contributed by atoms with E-state index in [9.17, 15) is 9.59 Å². The van der Waals surface area contributed by atoms with Crippen LogP contribution in [0.2, 0.25) is 0 Å². The second-order valence-electron chi connectivity index (χ2n) is 7.39. The Morgan fingerprint density at radius 3 is 2.33 bits per heavy atom. The maximum Gasteiger partial charge on any atom is 0.251 e. The van der Waals surface area contributed by atoms with Crippen LogP contribution >= 0.6 is 0 Å². The van der Waals surface area contributed by atoms with Crippen LogP contribution in [0.1, 0.15) is 40.0 Å². The maximum absolute atomic E-state index is 12.6.